The van der Waals surface area contributed by atoms with E-state index in [0.29, 0.717) is 16.7 Å². The molecule has 0 amide bonds. The fourth-order valence-electron chi connectivity index (χ4n) is 4.87. The van der Waals surface area contributed by atoms with Gasteiger partial charge in [0.15, 0.2) is 28.9 Å². The minimum Gasteiger partial charge on any atom is -0.462 e. The maximum atomic E-state index is 16.4. The van der Waals surface area contributed by atoms with Crippen LogP contribution in [0.1, 0.15) is 40.3 Å². The number of benzene rings is 2. The van der Waals surface area contributed by atoms with Crippen LogP contribution in [0.15, 0.2) is 48.8 Å². The summed E-state index contributed by atoms with van der Waals surface area (Å²) in [6.07, 6.45) is -2.52. The quantitative estimate of drug-likeness (QED) is 0.121. The maximum Gasteiger partial charge on any atom is 0.459 e. The smallest absolute Gasteiger partial charge is 0.459 e. The van der Waals surface area contributed by atoms with Crippen molar-refractivity contribution in [2.45, 2.75) is 64.3 Å². The first-order chi connectivity index (χ1) is 21.7. The lowest BCUT2D eigenvalue weighted by molar-refractivity contribution is -0.149. The highest BCUT2D eigenvalue weighted by molar-refractivity contribution is 7.52. The van der Waals surface area contributed by atoms with Gasteiger partial charge in [-0.05, 0) is 39.1 Å². The Kier molecular flexibility index (Phi) is 10.8. The lowest BCUT2D eigenvalue weighted by Crippen LogP contribution is -2.44. The second-order valence-electron chi connectivity index (χ2n) is 11.4. The van der Waals surface area contributed by atoms with Crippen LogP contribution in [0.2, 0.25) is 0 Å². The van der Waals surface area contributed by atoms with Crippen molar-refractivity contribution in [2.24, 2.45) is 0 Å². The van der Waals surface area contributed by atoms with Crippen LogP contribution < -0.4 is 20.2 Å². The molecule has 0 radical (unpaired) electrons. The van der Waals surface area contributed by atoms with Crippen molar-refractivity contribution < 1.29 is 37.4 Å². The number of methoxy groups -OCH3 is 1. The molecular weight excluding hydrogens is 620 g/mol. The van der Waals surface area contributed by atoms with Gasteiger partial charge >= 0.3 is 13.7 Å². The topological polar surface area (TPSA) is 176 Å². The van der Waals surface area contributed by atoms with E-state index >= 15 is 4.39 Å². The molecule has 250 valence electrons. The van der Waals surface area contributed by atoms with E-state index in [9.17, 15) is 14.5 Å². The number of carbonyl (C=O) groups excluding carboxylic acids is 1. The monoisotopic (exact) mass is 661 g/mol. The highest BCUT2D eigenvalue weighted by Crippen LogP contribution is 2.47. The van der Waals surface area contributed by atoms with Crippen LogP contribution in [0, 0.1) is 0 Å². The predicted molar refractivity (Wildman–Crippen MR) is 172 cm³/mol. The highest BCUT2D eigenvalue weighted by Gasteiger charge is 2.44. The van der Waals surface area contributed by atoms with Gasteiger partial charge in [0.2, 0.25) is 5.95 Å². The number of rotatable bonds is 15. The number of hydrogen-bond donors (Lipinski definition) is 3. The SMILES string of the molecule is CO[C@@H](n1cnc2c(N(C)C)nc(N)nc21)[C@](C)(F)[C@H](O)CCO[P@@](=O)(N[C@@H](C)C(=O)OC(C)C)Oc1cccc2ccccc12. The van der Waals surface area contributed by atoms with E-state index in [1.54, 1.807) is 57.1 Å². The number of ether oxygens (including phenoxy) is 2. The van der Waals surface area contributed by atoms with Crippen LogP contribution in [-0.4, -0.2) is 82.3 Å². The van der Waals surface area contributed by atoms with Crippen molar-refractivity contribution in [2.75, 3.05) is 38.4 Å². The molecule has 0 aliphatic rings. The fraction of sp³-hybridized carbons (Fsp3) is 0.467. The molecule has 0 aliphatic heterocycles. The summed E-state index contributed by atoms with van der Waals surface area (Å²) in [5, 5.41) is 15.2. The van der Waals surface area contributed by atoms with E-state index in [4.69, 9.17) is 24.3 Å². The Hall–Kier alpha value is -3.88. The fourth-order valence-corrected chi connectivity index (χ4v) is 6.39. The molecule has 4 N–H and O–H groups in total. The van der Waals surface area contributed by atoms with Gasteiger partial charge < -0.3 is 29.7 Å². The normalized spacial score (nSPS) is 16.5. The van der Waals surface area contributed by atoms with E-state index < -0.39 is 50.5 Å². The molecule has 0 saturated heterocycles. The van der Waals surface area contributed by atoms with Gasteiger partial charge in [0, 0.05) is 33.0 Å². The number of nitrogens with two attached hydrogens (primary N) is 1. The Labute approximate surface area is 266 Å². The van der Waals surface area contributed by atoms with Crippen LogP contribution in [0.5, 0.6) is 5.75 Å². The van der Waals surface area contributed by atoms with Crippen molar-refractivity contribution >= 4 is 47.4 Å². The number of aliphatic hydroxyl groups excluding tert-OH is 1. The Morgan fingerprint density at radius 2 is 1.87 bits per heavy atom. The summed E-state index contributed by atoms with van der Waals surface area (Å²) < 4.78 is 54.2. The van der Waals surface area contributed by atoms with Gasteiger partial charge in [-0.25, -0.2) is 13.9 Å². The first-order valence-corrected chi connectivity index (χ1v) is 16.2. The van der Waals surface area contributed by atoms with E-state index in [1.807, 2.05) is 18.2 Å². The zero-order chi connectivity index (χ0) is 33.8. The molecule has 2 heterocycles. The van der Waals surface area contributed by atoms with Crippen molar-refractivity contribution in [3.63, 3.8) is 0 Å². The highest BCUT2D eigenvalue weighted by atomic mass is 31.2. The summed E-state index contributed by atoms with van der Waals surface area (Å²) in [5.41, 5.74) is 4.03. The molecule has 46 heavy (non-hydrogen) atoms. The molecule has 2 aromatic carbocycles. The molecule has 4 aromatic rings. The average Bonchev–Trinajstić information content (AvgIpc) is 3.39. The Bertz CT molecular complexity index is 1710. The van der Waals surface area contributed by atoms with Crippen molar-refractivity contribution in [3.8, 4) is 5.75 Å². The van der Waals surface area contributed by atoms with Crippen LogP contribution >= 0.6 is 7.75 Å². The molecule has 0 bridgehead atoms. The number of anilines is 2. The molecule has 0 fully saturated rings. The van der Waals surface area contributed by atoms with Crippen molar-refractivity contribution in [1.29, 1.82) is 0 Å². The zero-order valence-electron chi connectivity index (χ0n) is 26.9. The largest absolute Gasteiger partial charge is 0.462 e. The average molecular weight is 662 g/mol. The second kappa shape index (κ2) is 14.3. The number of aliphatic hydroxyl groups is 1. The third-order valence-corrected chi connectivity index (χ3v) is 8.80. The number of imidazole rings is 1. The first-order valence-electron chi connectivity index (χ1n) is 14.6. The molecule has 14 nitrogen and oxygen atoms in total. The minimum absolute atomic E-state index is 0.0525. The van der Waals surface area contributed by atoms with Crippen molar-refractivity contribution in [1.82, 2.24) is 24.6 Å². The van der Waals surface area contributed by atoms with Gasteiger partial charge in [-0.15, -0.1) is 0 Å². The zero-order valence-corrected chi connectivity index (χ0v) is 27.8. The number of carbonyl (C=O) groups is 1. The Morgan fingerprint density at radius 1 is 1.17 bits per heavy atom. The number of aromatic nitrogens is 4. The lowest BCUT2D eigenvalue weighted by atomic mass is 9.96. The van der Waals surface area contributed by atoms with Gasteiger partial charge in [-0.2, -0.15) is 15.1 Å². The van der Waals surface area contributed by atoms with Crippen LogP contribution in [0.3, 0.4) is 0 Å². The number of fused-ring (bicyclic) bond motifs is 2. The molecule has 0 unspecified atom stereocenters. The van der Waals surface area contributed by atoms with E-state index in [-0.39, 0.29) is 23.8 Å². The number of halogens is 1. The summed E-state index contributed by atoms with van der Waals surface area (Å²) in [6, 6.07) is 11.4. The summed E-state index contributed by atoms with van der Waals surface area (Å²) in [4.78, 5) is 27.0. The van der Waals surface area contributed by atoms with Crippen LogP contribution in [0.25, 0.3) is 21.9 Å². The van der Waals surface area contributed by atoms with Gasteiger partial charge in [-0.3, -0.25) is 13.9 Å². The lowest BCUT2D eigenvalue weighted by Gasteiger charge is -2.34. The summed E-state index contributed by atoms with van der Waals surface area (Å²) >= 11 is 0. The molecular formula is C30H41FN7O7P. The standard InChI is InChI=1S/C30H41FN7O7P/c1-18(2)44-27(40)19(3)36-46(41,45-22-14-10-12-20-11-8-9-13-21(20)22)43-16-15-23(39)30(4,31)28(42-7)38-17-33-24-25(37(5)6)34-29(32)35-26(24)38/h8-14,17-19,23,28,39H,15-16H2,1-7H3,(H,36,41)(H2,32,34,35)/t19-,23+,28+,30+,46-/m0/s1. The second-order valence-corrected chi connectivity index (χ2v) is 13.1. The number of nitrogens with one attached hydrogen (secondary N) is 1. The van der Waals surface area contributed by atoms with Gasteiger partial charge in [-0.1, -0.05) is 36.4 Å². The van der Waals surface area contributed by atoms with E-state index in [1.165, 1.54) is 24.9 Å². The summed E-state index contributed by atoms with van der Waals surface area (Å²) in [5.74, 6) is -0.0667. The number of nitrogens with zero attached hydrogens (tertiary/aromatic N) is 5. The summed E-state index contributed by atoms with van der Waals surface area (Å²) in [7, 11) is 0.480. The van der Waals surface area contributed by atoms with Crippen LogP contribution in [0.4, 0.5) is 16.2 Å². The predicted octanol–water partition coefficient (Wildman–Crippen LogP) is 4.39. The Morgan fingerprint density at radius 3 is 2.54 bits per heavy atom. The third kappa shape index (κ3) is 7.73. The van der Waals surface area contributed by atoms with Gasteiger partial charge in [0.25, 0.3) is 0 Å². The molecule has 0 saturated carbocycles. The minimum atomic E-state index is -4.31. The Balaban J connectivity index is 1.55. The molecule has 16 heteroatoms. The summed E-state index contributed by atoms with van der Waals surface area (Å²) in [6.45, 7) is 5.56. The van der Waals surface area contributed by atoms with Crippen LogP contribution in [-0.2, 0) is 23.4 Å². The van der Waals surface area contributed by atoms with E-state index in [0.717, 1.165) is 12.3 Å². The first kappa shape index (κ1) is 35.0. The van der Waals surface area contributed by atoms with E-state index in [2.05, 4.69) is 20.0 Å². The number of esters is 1. The molecule has 2 aromatic heterocycles. The van der Waals surface area contributed by atoms with Gasteiger partial charge in [0.05, 0.1) is 25.1 Å². The van der Waals surface area contributed by atoms with Crippen molar-refractivity contribution in [3.05, 3.63) is 48.8 Å². The molecule has 5 atom stereocenters. The number of hydrogen-bond acceptors (Lipinski definition) is 12. The molecule has 0 spiro atoms. The van der Waals surface area contributed by atoms with Gasteiger partial charge in [0.1, 0.15) is 11.8 Å². The maximum absolute atomic E-state index is 16.4. The third-order valence-electron chi connectivity index (χ3n) is 7.13. The number of alkyl halides is 1. The molecule has 4 rings (SSSR count). The number of nitrogen functional groups attached to an aromatic ring is 1. The molecule has 0 aliphatic carbocycles.